The summed E-state index contributed by atoms with van der Waals surface area (Å²) in [5.74, 6) is 1.01. The molecule has 0 saturated carbocycles. The highest BCUT2D eigenvalue weighted by Crippen LogP contribution is 2.16. The first kappa shape index (κ1) is 18.6. The smallest absolute Gasteiger partial charge is 0.274 e. The van der Waals surface area contributed by atoms with Gasteiger partial charge in [-0.15, -0.1) is 0 Å². The summed E-state index contributed by atoms with van der Waals surface area (Å²) in [5, 5.41) is 3.47. The SMILES string of the molecule is Cc1nccn1CCCNCc1c(C(=O)N2CCOCC2)nc2ccccn12. The molecule has 0 bridgehead atoms. The molecule has 0 aromatic carbocycles. The maximum Gasteiger partial charge on any atom is 0.274 e. The van der Waals surface area contributed by atoms with Gasteiger partial charge in [0, 0.05) is 44.8 Å². The molecule has 1 fully saturated rings. The fourth-order valence-electron chi connectivity index (χ4n) is 3.52. The third kappa shape index (κ3) is 3.93. The Bertz CT molecular complexity index is 941. The molecular weight excluding hydrogens is 356 g/mol. The Morgan fingerprint density at radius 3 is 2.89 bits per heavy atom. The predicted molar refractivity (Wildman–Crippen MR) is 105 cm³/mol. The number of amides is 1. The lowest BCUT2D eigenvalue weighted by Crippen LogP contribution is -2.41. The van der Waals surface area contributed by atoms with Crippen LogP contribution in [-0.4, -0.2) is 62.6 Å². The maximum atomic E-state index is 13.0. The van der Waals surface area contributed by atoms with Gasteiger partial charge in [0.1, 0.15) is 11.5 Å². The van der Waals surface area contributed by atoms with Gasteiger partial charge in [0.15, 0.2) is 5.69 Å². The molecule has 28 heavy (non-hydrogen) atoms. The molecule has 1 saturated heterocycles. The van der Waals surface area contributed by atoms with Gasteiger partial charge in [-0.3, -0.25) is 4.79 Å². The van der Waals surface area contributed by atoms with Gasteiger partial charge in [0.25, 0.3) is 5.91 Å². The number of aryl methyl sites for hydroxylation is 2. The van der Waals surface area contributed by atoms with Crippen molar-refractivity contribution in [2.75, 3.05) is 32.8 Å². The van der Waals surface area contributed by atoms with E-state index >= 15 is 0 Å². The molecule has 0 unspecified atom stereocenters. The Hall–Kier alpha value is -2.71. The molecule has 0 radical (unpaired) electrons. The molecule has 4 heterocycles. The standard InChI is InChI=1S/C20H26N6O2/c1-16-22-7-10-24(16)8-4-6-21-15-17-19(20(27)25-11-13-28-14-12-25)23-18-5-2-3-9-26(17)18/h2-3,5,7,9-10,21H,4,6,8,11-15H2,1H3. The number of pyridine rings is 1. The first-order valence-electron chi connectivity index (χ1n) is 9.75. The minimum atomic E-state index is -0.0159. The van der Waals surface area contributed by atoms with E-state index in [0.717, 1.165) is 36.7 Å². The van der Waals surface area contributed by atoms with Gasteiger partial charge in [-0.1, -0.05) is 6.07 Å². The van der Waals surface area contributed by atoms with Crippen molar-refractivity contribution in [3.05, 3.63) is 54.0 Å². The number of morpholine rings is 1. The number of nitrogens with one attached hydrogen (secondary N) is 1. The topological polar surface area (TPSA) is 76.7 Å². The Kier molecular flexibility index (Phi) is 5.68. The summed E-state index contributed by atoms with van der Waals surface area (Å²) in [4.78, 5) is 23.7. The molecular formula is C20H26N6O2. The number of fused-ring (bicyclic) bond motifs is 1. The van der Waals surface area contributed by atoms with Gasteiger partial charge in [-0.05, 0) is 32.0 Å². The minimum absolute atomic E-state index is 0.0159. The summed E-state index contributed by atoms with van der Waals surface area (Å²) in [7, 11) is 0. The van der Waals surface area contributed by atoms with Crippen LogP contribution in [0.25, 0.3) is 5.65 Å². The molecule has 3 aromatic heterocycles. The lowest BCUT2D eigenvalue weighted by molar-refractivity contribution is 0.0298. The number of carbonyl (C=O) groups is 1. The monoisotopic (exact) mass is 382 g/mol. The molecule has 0 atom stereocenters. The van der Waals surface area contributed by atoms with E-state index in [1.807, 2.05) is 53.0 Å². The molecule has 1 amide bonds. The number of imidazole rings is 2. The Morgan fingerprint density at radius 1 is 1.25 bits per heavy atom. The second kappa shape index (κ2) is 8.53. The average Bonchev–Trinajstić information content (AvgIpc) is 3.31. The van der Waals surface area contributed by atoms with Crippen LogP contribution in [0.15, 0.2) is 36.8 Å². The summed E-state index contributed by atoms with van der Waals surface area (Å²) in [6.45, 7) is 6.78. The van der Waals surface area contributed by atoms with Gasteiger partial charge in [-0.25, -0.2) is 9.97 Å². The van der Waals surface area contributed by atoms with E-state index in [1.54, 1.807) is 0 Å². The molecule has 1 aliphatic rings. The summed E-state index contributed by atoms with van der Waals surface area (Å²) in [6.07, 6.45) is 6.77. The van der Waals surface area contributed by atoms with E-state index in [4.69, 9.17) is 4.74 Å². The molecule has 8 nitrogen and oxygen atoms in total. The third-order valence-corrected chi connectivity index (χ3v) is 5.10. The maximum absolute atomic E-state index is 13.0. The van der Waals surface area contributed by atoms with Gasteiger partial charge in [0.2, 0.25) is 0 Å². The Balaban J connectivity index is 1.44. The summed E-state index contributed by atoms with van der Waals surface area (Å²) < 4.78 is 9.51. The van der Waals surface area contributed by atoms with E-state index in [0.29, 0.717) is 38.5 Å². The molecule has 4 rings (SSSR count). The number of hydrogen-bond donors (Lipinski definition) is 1. The zero-order valence-electron chi connectivity index (χ0n) is 16.2. The number of rotatable bonds is 7. The summed E-state index contributed by atoms with van der Waals surface area (Å²) in [6, 6.07) is 5.83. The fraction of sp³-hybridized carbons (Fsp3) is 0.450. The van der Waals surface area contributed by atoms with Gasteiger partial charge >= 0.3 is 0 Å². The van der Waals surface area contributed by atoms with Crippen LogP contribution in [0.4, 0.5) is 0 Å². The van der Waals surface area contributed by atoms with Crippen LogP contribution in [0.3, 0.4) is 0 Å². The van der Waals surface area contributed by atoms with Crippen molar-refractivity contribution in [2.45, 2.75) is 26.4 Å². The van der Waals surface area contributed by atoms with Crippen molar-refractivity contribution in [1.82, 2.24) is 29.2 Å². The van der Waals surface area contributed by atoms with Crippen molar-refractivity contribution < 1.29 is 9.53 Å². The minimum Gasteiger partial charge on any atom is -0.378 e. The van der Waals surface area contributed by atoms with E-state index in [2.05, 4.69) is 19.9 Å². The van der Waals surface area contributed by atoms with Crippen molar-refractivity contribution >= 4 is 11.6 Å². The van der Waals surface area contributed by atoms with E-state index in [-0.39, 0.29) is 5.91 Å². The van der Waals surface area contributed by atoms with E-state index in [1.165, 1.54) is 0 Å². The van der Waals surface area contributed by atoms with Crippen LogP contribution in [-0.2, 0) is 17.8 Å². The molecule has 0 aliphatic carbocycles. The van der Waals surface area contributed by atoms with Crippen LogP contribution in [0.2, 0.25) is 0 Å². The average molecular weight is 382 g/mol. The van der Waals surface area contributed by atoms with E-state index in [9.17, 15) is 4.79 Å². The van der Waals surface area contributed by atoms with Crippen molar-refractivity contribution in [2.24, 2.45) is 0 Å². The van der Waals surface area contributed by atoms with E-state index < -0.39 is 0 Å². The number of ether oxygens (including phenoxy) is 1. The largest absolute Gasteiger partial charge is 0.378 e. The van der Waals surface area contributed by atoms with Crippen molar-refractivity contribution in [3.8, 4) is 0 Å². The Labute approximate surface area is 164 Å². The highest BCUT2D eigenvalue weighted by molar-refractivity contribution is 5.94. The predicted octanol–water partition coefficient (Wildman–Crippen LogP) is 1.49. The van der Waals surface area contributed by atoms with Crippen LogP contribution in [0, 0.1) is 6.92 Å². The molecule has 1 aliphatic heterocycles. The normalized spacial score (nSPS) is 14.7. The summed E-state index contributed by atoms with van der Waals surface area (Å²) >= 11 is 0. The lowest BCUT2D eigenvalue weighted by atomic mass is 10.2. The van der Waals surface area contributed by atoms with Gasteiger partial charge < -0.3 is 23.9 Å². The molecule has 1 N–H and O–H groups in total. The number of carbonyl (C=O) groups excluding carboxylic acids is 1. The quantitative estimate of drug-likeness (QED) is 0.627. The van der Waals surface area contributed by atoms with Crippen LogP contribution in [0.1, 0.15) is 28.4 Å². The molecule has 148 valence electrons. The highest BCUT2D eigenvalue weighted by atomic mass is 16.5. The fourth-order valence-corrected chi connectivity index (χ4v) is 3.52. The van der Waals surface area contributed by atoms with Crippen LogP contribution < -0.4 is 5.32 Å². The lowest BCUT2D eigenvalue weighted by Gasteiger charge is -2.26. The zero-order valence-corrected chi connectivity index (χ0v) is 16.2. The second-order valence-electron chi connectivity index (χ2n) is 6.94. The van der Waals surface area contributed by atoms with Crippen molar-refractivity contribution in [1.29, 1.82) is 0 Å². The number of hydrogen-bond acceptors (Lipinski definition) is 5. The summed E-state index contributed by atoms with van der Waals surface area (Å²) in [5.41, 5.74) is 2.24. The van der Waals surface area contributed by atoms with Crippen molar-refractivity contribution in [3.63, 3.8) is 0 Å². The number of aromatic nitrogens is 4. The highest BCUT2D eigenvalue weighted by Gasteiger charge is 2.25. The number of nitrogens with zero attached hydrogens (tertiary/aromatic N) is 5. The zero-order chi connectivity index (χ0) is 19.3. The van der Waals surface area contributed by atoms with Crippen LogP contribution in [0.5, 0.6) is 0 Å². The van der Waals surface area contributed by atoms with Crippen LogP contribution >= 0.6 is 0 Å². The van der Waals surface area contributed by atoms with Gasteiger partial charge in [-0.2, -0.15) is 0 Å². The molecule has 0 spiro atoms. The second-order valence-corrected chi connectivity index (χ2v) is 6.94. The van der Waals surface area contributed by atoms with Gasteiger partial charge in [0.05, 0.1) is 18.9 Å². The first-order valence-corrected chi connectivity index (χ1v) is 9.75. The first-order chi connectivity index (χ1) is 13.7. The molecule has 8 heteroatoms. The third-order valence-electron chi connectivity index (χ3n) is 5.10. The molecule has 3 aromatic rings. The Morgan fingerprint density at radius 2 is 2.11 bits per heavy atom.